The molecule has 1 N–H and O–H groups in total. The number of benzene rings is 3. The van der Waals surface area contributed by atoms with Crippen LogP contribution < -0.4 is 10.1 Å². The molecule has 1 atom stereocenters. The Labute approximate surface area is 233 Å². The molecule has 1 aromatic heterocycles. The van der Waals surface area contributed by atoms with E-state index in [2.05, 4.69) is 31.9 Å². The molecule has 8 heteroatoms. The number of hydrogen-bond acceptors (Lipinski definition) is 5. The second kappa shape index (κ2) is 12.2. The molecule has 1 aliphatic rings. The first-order valence-corrected chi connectivity index (χ1v) is 13.3. The van der Waals surface area contributed by atoms with Crippen molar-refractivity contribution in [2.45, 2.75) is 38.5 Å². The number of methoxy groups -OCH3 is 1. The summed E-state index contributed by atoms with van der Waals surface area (Å²) in [4.78, 5) is 20.1. The van der Waals surface area contributed by atoms with Gasteiger partial charge >= 0.3 is 0 Å². The van der Waals surface area contributed by atoms with Gasteiger partial charge in [0.1, 0.15) is 5.75 Å². The van der Waals surface area contributed by atoms with Crippen LogP contribution in [0.1, 0.15) is 33.5 Å². The van der Waals surface area contributed by atoms with Gasteiger partial charge in [0.2, 0.25) is 5.91 Å². The minimum atomic E-state index is -0.313. The smallest absolute Gasteiger partial charge is 0.237 e. The lowest BCUT2D eigenvalue weighted by Gasteiger charge is -2.36. The number of ether oxygens (including phenoxy) is 1. The summed E-state index contributed by atoms with van der Waals surface area (Å²) in [5, 5.41) is 12.9. The molecule has 3 aromatic carbocycles. The molecule has 5 rings (SSSR count). The lowest BCUT2D eigenvalue weighted by atomic mass is 9.92. The van der Waals surface area contributed by atoms with Gasteiger partial charge in [-0.3, -0.25) is 9.69 Å². The number of nitrogens with one attached hydrogen (secondary N) is 1. The van der Waals surface area contributed by atoms with Crippen molar-refractivity contribution in [1.29, 1.82) is 5.26 Å². The fourth-order valence-electron chi connectivity index (χ4n) is 5.05. The first kappa shape index (κ1) is 26.5. The number of fused-ring (bicyclic) bond motifs is 1. The summed E-state index contributed by atoms with van der Waals surface area (Å²) in [6.07, 6.45) is 4.90. The van der Waals surface area contributed by atoms with Crippen LogP contribution in [0.2, 0.25) is 5.02 Å². The minimum absolute atomic E-state index is 0.00338. The molecule has 0 bridgehead atoms. The van der Waals surface area contributed by atoms with Crippen LogP contribution in [0.3, 0.4) is 0 Å². The van der Waals surface area contributed by atoms with E-state index in [0.29, 0.717) is 49.6 Å². The zero-order valence-corrected chi connectivity index (χ0v) is 22.6. The zero-order valence-electron chi connectivity index (χ0n) is 21.8. The van der Waals surface area contributed by atoms with Gasteiger partial charge in [0.05, 0.1) is 31.1 Å². The highest BCUT2D eigenvalue weighted by Gasteiger charge is 2.31. The summed E-state index contributed by atoms with van der Waals surface area (Å²) in [6, 6.07) is 23.3. The maximum atomic E-state index is 13.5. The Morgan fingerprint density at radius 3 is 2.72 bits per heavy atom. The zero-order chi connectivity index (χ0) is 27.2. The molecular weight excluding hydrogens is 510 g/mol. The number of aromatic nitrogens is 2. The second-order valence-electron chi connectivity index (χ2n) is 9.75. The number of nitriles is 1. The molecule has 1 amide bonds. The lowest BCUT2D eigenvalue weighted by molar-refractivity contribution is -0.127. The third kappa shape index (κ3) is 6.48. The Morgan fingerprint density at radius 1 is 1.10 bits per heavy atom. The van der Waals surface area contributed by atoms with Gasteiger partial charge in [-0.15, -0.1) is 0 Å². The molecule has 0 aliphatic carbocycles. The molecular formula is C31H30ClN5O2. The molecule has 2 heterocycles. The van der Waals surface area contributed by atoms with E-state index < -0.39 is 0 Å². The molecule has 0 unspecified atom stereocenters. The number of halogens is 1. The van der Waals surface area contributed by atoms with Gasteiger partial charge in [-0.05, 0) is 65.1 Å². The third-order valence-electron chi connectivity index (χ3n) is 7.13. The number of carbonyl (C=O) groups is 1. The van der Waals surface area contributed by atoms with E-state index in [9.17, 15) is 4.79 Å². The fourth-order valence-corrected chi connectivity index (χ4v) is 5.26. The first-order valence-electron chi connectivity index (χ1n) is 12.9. The molecule has 0 saturated carbocycles. The number of imidazole rings is 1. The molecule has 0 radical (unpaired) electrons. The topological polar surface area (TPSA) is 83.2 Å². The Hall–Kier alpha value is -4.12. The van der Waals surface area contributed by atoms with Crippen molar-refractivity contribution in [3.05, 3.63) is 118 Å². The van der Waals surface area contributed by atoms with Crippen molar-refractivity contribution in [3.8, 4) is 11.8 Å². The highest BCUT2D eigenvalue weighted by Crippen LogP contribution is 2.29. The summed E-state index contributed by atoms with van der Waals surface area (Å²) in [6.45, 7) is 2.46. The molecule has 39 heavy (non-hydrogen) atoms. The summed E-state index contributed by atoms with van der Waals surface area (Å²) in [5.41, 5.74) is 6.18. The molecule has 7 nitrogen and oxygen atoms in total. The van der Waals surface area contributed by atoms with E-state index in [0.717, 1.165) is 28.1 Å². The van der Waals surface area contributed by atoms with Crippen molar-refractivity contribution in [1.82, 2.24) is 19.8 Å². The van der Waals surface area contributed by atoms with Crippen LogP contribution >= 0.6 is 11.6 Å². The quantitative estimate of drug-likeness (QED) is 0.332. The normalized spacial score (nSPS) is 14.8. The minimum Gasteiger partial charge on any atom is -0.497 e. The summed E-state index contributed by atoms with van der Waals surface area (Å²) in [7, 11) is 1.66. The van der Waals surface area contributed by atoms with Gasteiger partial charge in [-0.2, -0.15) is 5.26 Å². The molecule has 0 saturated heterocycles. The van der Waals surface area contributed by atoms with E-state index in [1.165, 1.54) is 5.56 Å². The predicted octanol–water partition coefficient (Wildman–Crippen LogP) is 4.75. The van der Waals surface area contributed by atoms with Gasteiger partial charge in [-0.1, -0.05) is 41.9 Å². The van der Waals surface area contributed by atoms with E-state index in [1.54, 1.807) is 13.4 Å². The summed E-state index contributed by atoms with van der Waals surface area (Å²) < 4.78 is 7.50. The molecule has 198 valence electrons. The van der Waals surface area contributed by atoms with Crippen LogP contribution in [-0.4, -0.2) is 40.1 Å². The van der Waals surface area contributed by atoms with E-state index >= 15 is 0 Å². The van der Waals surface area contributed by atoms with Crippen LogP contribution in [0.5, 0.6) is 5.75 Å². The van der Waals surface area contributed by atoms with E-state index in [1.807, 2.05) is 66.9 Å². The molecule has 4 aromatic rings. The molecule has 1 aliphatic heterocycles. The predicted molar refractivity (Wildman–Crippen MR) is 150 cm³/mol. The van der Waals surface area contributed by atoms with Gasteiger partial charge in [-0.25, -0.2) is 4.98 Å². The number of hydrogen-bond donors (Lipinski definition) is 1. The highest BCUT2D eigenvalue weighted by molar-refractivity contribution is 6.30. The van der Waals surface area contributed by atoms with Gasteiger partial charge in [0, 0.05) is 49.5 Å². The van der Waals surface area contributed by atoms with Crippen LogP contribution in [0.15, 0.2) is 79.3 Å². The number of amides is 1. The Kier molecular flexibility index (Phi) is 8.26. The monoisotopic (exact) mass is 539 g/mol. The Bertz CT molecular complexity index is 1490. The number of nitrogens with zero attached hydrogens (tertiary/aromatic N) is 4. The lowest BCUT2D eigenvalue weighted by Crippen LogP contribution is -2.50. The summed E-state index contributed by atoms with van der Waals surface area (Å²) in [5.74, 6) is 0.801. The maximum Gasteiger partial charge on any atom is 0.237 e. The number of carbonyl (C=O) groups excluding carboxylic acids is 1. The van der Waals surface area contributed by atoms with Crippen molar-refractivity contribution in [2.75, 3.05) is 13.7 Å². The van der Waals surface area contributed by atoms with Crippen molar-refractivity contribution in [3.63, 3.8) is 0 Å². The maximum absolute atomic E-state index is 13.5. The molecule has 0 fully saturated rings. The van der Waals surface area contributed by atoms with E-state index in [-0.39, 0.29) is 11.9 Å². The Balaban J connectivity index is 1.26. The highest BCUT2D eigenvalue weighted by atomic mass is 35.5. The fraction of sp³-hybridized carbons (Fsp3) is 0.258. The first-order chi connectivity index (χ1) is 19.0. The van der Waals surface area contributed by atoms with Crippen LogP contribution in [-0.2, 0) is 37.3 Å². The van der Waals surface area contributed by atoms with E-state index in [4.69, 9.17) is 21.6 Å². The third-order valence-corrected chi connectivity index (χ3v) is 7.37. The average molecular weight is 540 g/mol. The second-order valence-corrected chi connectivity index (χ2v) is 10.2. The average Bonchev–Trinajstić information content (AvgIpc) is 3.39. The van der Waals surface area contributed by atoms with Gasteiger partial charge in [0.15, 0.2) is 0 Å². The van der Waals surface area contributed by atoms with Crippen molar-refractivity contribution in [2.24, 2.45) is 0 Å². The van der Waals surface area contributed by atoms with Crippen molar-refractivity contribution >= 4 is 17.5 Å². The van der Waals surface area contributed by atoms with Crippen LogP contribution in [0.4, 0.5) is 0 Å². The van der Waals surface area contributed by atoms with Crippen LogP contribution in [0.25, 0.3) is 0 Å². The largest absolute Gasteiger partial charge is 0.497 e. The standard InChI is InChI=1S/C31H30ClN5O2/c1-39-29-10-9-25-20-36(19-24-3-2-4-27(32)13-24)30(15-26(25)14-29)31(38)35-12-11-28-17-34-21-37(28)18-23-7-5-22(16-33)6-8-23/h2-10,13-14,17,21,30H,11-12,15,18-20H2,1H3,(H,35,38)/t30-/m0/s1. The molecule has 0 spiro atoms. The van der Waals surface area contributed by atoms with Crippen molar-refractivity contribution < 1.29 is 9.53 Å². The SMILES string of the molecule is COc1ccc2c(c1)C[C@@H](C(=O)NCCc1cncn1Cc1ccc(C#N)cc1)N(Cc1cccc(Cl)c1)C2. The summed E-state index contributed by atoms with van der Waals surface area (Å²) >= 11 is 6.24. The van der Waals surface area contributed by atoms with Crippen LogP contribution in [0, 0.1) is 11.3 Å². The van der Waals surface area contributed by atoms with Gasteiger partial charge in [0.25, 0.3) is 0 Å². The number of rotatable bonds is 9. The Morgan fingerprint density at radius 2 is 1.95 bits per heavy atom. The van der Waals surface area contributed by atoms with Gasteiger partial charge < -0.3 is 14.6 Å².